The predicted octanol–water partition coefficient (Wildman–Crippen LogP) is 2.71. The molecule has 3 rings (SSSR count). The van der Waals surface area contributed by atoms with E-state index in [1.54, 1.807) is 6.20 Å². The van der Waals surface area contributed by atoms with Gasteiger partial charge in [-0.05, 0) is 63.7 Å². The number of pyridine rings is 1. The van der Waals surface area contributed by atoms with E-state index in [2.05, 4.69) is 36.2 Å². The van der Waals surface area contributed by atoms with Crippen molar-refractivity contribution in [3.05, 3.63) is 23.9 Å². The van der Waals surface area contributed by atoms with Crippen LogP contribution < -0.4 is 5.32 Å². The number of hydrogen-bond acceptors (Lipinski definition) is 4. The number of aromatic nitrogens is 1. The van der Waals surface area contributed by atoms with E-state index in [0.29, 0.717) is 11.6 Å². The van der Waals surface area contributed by atoms with Crippen LogP contribution in [0.3, 0.4) is 0 Å². The summed E-state index contributed by atoms with van der Waals surface area (Å²) in [6.45, 7) is 4.90. The number of nitrogens with zero attached hydrogens (tertiary/aromatic N) is 3. The van der Waals surface area contributed by atoms with Crippen molar-refractivity contribution >= 4 is 11.7 Å². The Balaban J connectivity index is 1.54. The number of piperidine rings is 1. The molecule has 2 heterocycles. The van der Waals surface area contributed by atoms with Gasteiger partial charge in [-0.15, -0.1) is 0 Å². The van der Waals surface area contributed by atoms with Crippen LogP contribution in [0, 0.1) is 11.8 Å². The van der Waals surface area contributed by atoms with Crippen molar-refractivity contribution in [1.29, 1.82) is 0 Å². The van der Waals surface area contributed by atoms with E-state index in [9.17, 15) is 4.79 Å². The van der Waals surface area contributed by atoms with E-state index in [4.69, 9.17) is 0 Å². The summed E-state index contributed by atoms with van der Waals surface area (Å²) in [6, 6.07) is 4.39. The lowest BCUT2D eigenvalue weighted by molar-refractivity contribution is 0.0697. The van der Waals surface area contributed by atoms with E-state index >= 15 is 0 Å². The molecule has 0 radical (unpaired) electrons. The standard InChI is InChI=1S/C19H30N4O/c1-14-8-10-23(11-9-14)19(24)16-6-7-18(20-12-16)21-13-17(22(2)3)15-4-5-15/h6-7,12,14-15,17H,4-5,8-11,13H2,1-3H3,(H,20,21). The van der Waals surface area contributed by atoms with Gasteiger partial charge in [0, 0.05) is 31.9 Å². The highest BCUT2D eigenvalue weighted by atomic mass is 16.2. The van der Waals surface area contributed by atoms with Crippen molar-refractivity contribution in [3.63, 3.8) is 0 Å². The zero-order valence-corrected chi connectivity index (χ0v) is 15.2. The van der Waals surface area contributed by atoms with Gasteiger partial charge < -0.3 is 15.1 Å². The lowest BCUT2D eigenvalue weighted by atomic mass is 9.99. The molecule has 1 saturated carbocycles. The Morgan fingerprint density at radius 2 is 2.00 bits per heavy atom. The average molecular weight is 330 g/mol. The minimum atomic E-state index is 0.116. The molecule has 1 unspecified atom stereocenters. The first-order valence-corrected chi connectivity index (χ1v) is 9.20. The van der Waals surface area contributed by atoms with Crippen molar-refractivity contribution < 1.29 is 4.79 Å². The average Bonchev–Trinajstić information content (AvgIpc) is 3.40. The van der Waals surface area contributed by atoms with E-state index in [-0.39, 0.29) is 5.91 Å². The van der Waals surface area contributed by atoms with Gasteiger partial charge in [-0.1, -0.05) is 6.92 Å². The molecule has 0 aromatic carbocycles. The summed E-state index contributed by atoms with van der Waals surface area (Å²) in [6.07, 6.45) is 6.59. The Morgan fingerprint density at radius 3 is 2.54 bits per heavy atom. The van der Waals surface area contributed by atoms with E-state index in [1.807, 2.05) is 17.0 Å². The van der Waals surface area contributed by atoms with Gasteiger partial charge in [0.15, 0.2) is 0 Å². The quantitative estimate of drug-likeness (QED) is 0.871. The Bertz CT molecular complexity index is 543. The van der Waals surface area contributed by atoms with Gasteiger partial charge in [0.2, 0.25) is 0 Å². The zero-order chi connectivity index (χ0) is 17.1. The fourth-order valence-corrected chi connectivity index (χ4v) is 3.48. The van der Waals surface area contributed by atoms with E-state index in [0.717, 1.165) is 50.1 Å². The summed E-state index contributed by atoms with van der Waals surface area (Å²) in [7, 11) is 4.28. The molecule has 1 atom stereocenters. The molecule has 1 aromatic heterocycles. The van der Waals surface area contributed by atoms with E-state index in [1.165, 1.54) is 12.8 Å². The van der Waals surface area contributed by atoms with Crippen molar-refractivity contribution in [2.45, 2.75) is 38.6 Å². The summed E-state index contributed by atoms with van der Waals surface area (Å²) in [4.78, 5) is 21.2. The maximum absolute atomic E-state index is 12.5. The molecule has 5 heteroatoms. The molecule has 1 aromatic rings. The minimum absolute atomic E-state index is 0.116. The molecule has 2 aliphatic rings. The smallest absolute Gasteiger partial charge is 0.255 e. The lowest BCUT2D eigenvalue weighted by Gasteiger charge is -2.30. The fraction of sp³-hybridized carbons (Fsp3) is 0.684. The molecule has 1 aliphatic carbocycles. The number of carbonyl (C=O) groups is 1. The maximum Gasteiger partial charge on any atom is 0.255 e. The van der Waals surface area contributed by atoms with Gasteiger partial charge in [-0.25, -0.2) is 4.98 Å². The molecule has 1 N–H and O–H groups in total. The minimum Gasteiger partial charge on any atom is -0.368 e. The third-order valence-corrected chi connectivity index (χ3v) is 5.40. The molecule has 2 fully saturated rings. The Kier molecular flexibility index (Phi) is 5.39. The number of amides is 1. The van der Waals surface area contributed by atoms with Crippen LogP contribution in [0.25, 0.3) is 0 Å². The third-order valence-electron chi connectivity index (χ3n) is 5.40. The summed E-state index contributed by atoms with van der Waals surface area (Å²) < 4.78 is 0. The molecule has 1 amide bonds. The number of rotatable bonds is 6. The normalized spacial score (nSPS) is 20.2. The van der Waals surface area contributed by atoms with Crippen LogP contribution in [0.2, 0.25) is 0 Å². The zero-order valence-electron chi connectivity index (χ0n) is 15.2. The highest BCUT2D eigenvalue weighted by molar-refractivity contribution is 5.94. The number of likely N-dealkylation sites (N-methyl/N-ethyl adjacent to an activating group) is 1. The van der Waals surface area contributed by atoms with Gasteiger partial charge in [0.1, 0.15) is 5.82 Å². The second-order valence-electron chi connectivity index (χ2n) is 7.66. The fourth-order valence-electron chi connectivity index (χ4n) is 3.48. The molecular formula is C19H30N4O. The summed E-state index contributed by atoms with van der Waals surface area (Å²) in [5.74, 6) is 2.51. The molecule has 24 heavy (non-hydrogen) atoms. The highest BCUT2D eigenvalue weighted by Crippen LogP contribution is 2.34. The highest BCUT2D eigenvalue weighted by Gasteiger charge is 2.32. The predicted molar refractivity (Wildman–Crippen MR) is 97.2 cm³/mol. The monoisotopic (exact) mass is 330 g/mol. The van der Waals surface area contributed by atoms with Crippen molar-refractivity contribution in [2.75, 3.05) is 39.0 Å². The molecule has 1 aliphatic heterocycles. The van der Waals surface area contributed by atoms with Gasteiger partial charge in [-0.2, -0.15) is 0 Å². The summed E-state index contributed by atoms with van der Waals surface area (Å²) >= 11 is 0. The number of anilines is 1. The number of hydrogen-bond donors (Lipinski definition) is 1. The number of nitrogens with one attached hydrogen (secondary N) is 1. The van der Waals surface area contributed by atoms with Crippen LogP contribution >= 0.6 is 0 Å². The van der Waals surface area contributed by atoms with Crippen LogP contribution in [0.1, 0.15) is 43.0 Å². The first kappa shape index (κ1) is 17.2. The second-order valence-corrected chi connectivity index (χ2v) is 7.66. The van der Waals surface area contributed by atoms with Crippen LogP contribution in [0.5, 0.6) is 0 Å². The molecule has 132 valence electrons. The van der Waals surface area contributed by atoms with Gasteiger partial charge in [-0.3, -0.25) is 4.79 Å². The van der Waals surface area contributed by atoms with E-state index < -0.39 is 0 Å². The SMILES string of the molecule is CC1CCN(C(=O)c2ccc(NCC(C3CC3)N(C)C)nc2)CC1. The second kappa shape index (κ2) is 7.51. The first-order chi connectivity index (χ1) is 11.5. The maximum atomic E-state index is 12.5. The first-order valence-electron chi connectivity index (χ1n) is 9.20. The lowest BCUT2D eigenvalue weighted by Crippen LogP contribution is -2.38. The van der Waals surface area contributed by atoms with Gasteiger partial charge in [0.05, 0.1) is 5.56 Å². The Morgan fingerprint density at radius 1 is 1.29 bits per heavy atom. The van der Waals surface area contributed by atoms with Crippen LogP contribution in [-0.4, -0.2) is 60.5 Å². The van der Waals surface area contributed by atoms with Crippen LogP contribution in [0.15, 0.2) is 18.3 Å². The Labute approximate surface area is 145 Å². The summed E-state index contributed by atoms with van der Waals surface area (Å²) in [5.41, 5.74) is 0.696. The van der Waals surface area contributed by atoms with Crippen LogP contribution in [0.4, 0.5) is 5.82 Å². The number of carbonyl (C=O) groups excluding carboxylic acids is 1. The van der Waals surface area contributed by atoms with Crippen molar-refractivity contribution in [3.8, 4) is 0 Å². The van der Waals surface area contributed by atoms with Gasteiger partial charge >= 0.3 is 0 Å². The third kappa shape index (κ3) is 4.26. The topological polar surface area (TPSA) is 48.5 Å². The molecule has 1 saturated heterocycles. The largest absolute Gasteiger partial charge is 0.368 e. The molecule has 0 bridgehead atoms. The van der Waals surface area contributed by atoms with Crippen molar-refractivity contribution in [2.24, 2.45) is 11.8 Å². The Hall–Kier alpha value is -1.62. The number of likely N-dealkylation sites (tertiary alicyclic amines) is 1. The summed E-state index contributed by atoms with van der Waals surface area (Å²) in [5, 5.41) is 3.42. The molecule has 0 spiro atoms. The van der Waals surface area contributed by atoms with Gasteiger partial charge in [0.25, 0.3) is 5.91 Å². The molecular weight excluding hydrogens is 300 g/mol. The van der Waals surface area contributed by atoms with Crippen molar-refractivity contribution in [1.82, 2.24) is 14.8 Å². The molecule has 5 nitrogen and oxygen atoms in total. The van der Waals surface area contributed by atoms with Crippen LogP contribution in [-0.2, 0) is 0 Å².